The first kappa shape index (κ1) is 27.8. The van der Waals surface area contributed by atoms with Crippen molar-refractivity contribution in [3.63, 3.8) is 0 Å². The summed E-state index contributed by atoms with van der Waals surface area (Å²) in [5.74, 6) is 2.03. The van der Waals surface area contributed by atoms with E-state index in [-0.39, 0.29) is 10.8 Å². The van der Waals surface area contributed by atoms with Gasteiger partial charge in [-0.25, -0.2) is 15.0 Å². The highest BCUT2D eigenvalue weighted by molar-refractivity contribution is 7.25. The van der Waals surface area contributed by atoms with Crippen LogP contribution in [0.2, 0.25) is 0 Å². The maximum Gasteiger partial charge on any atom is 0.164 e. The minimum absolute atomic E-state index is 0.154. The lowest BCUT2D eigenvalue weighted by atomic mass is 9.63. The molecule has 0 saturated carbocycles. The van der Waals surface area contributed by atoms with Crippen LogP contribution < -0.4 is 0 Å². The molecule has 7 aromatic rings. The summed E-state index contributed by atoms with van der Waals surface area (Å²) in [7, 11) is 0. The van der Waals surface area contributed by atoms with Gasteiger partial charge in [0.2, 0.25) is 0 Å². The first-order valence-corrected chi connectivity index (χ1v) is 16.6. The van der Waals surface area contributed by atoms with Crippen molar-refractivity contribution in [2.75, 3.05) is 0 Å². The Labute approximate surface area is 268 Å². The Balaban J connectivity index is 1.26. The molecule has 0 N–H and O–H groups in total. The van der Waals surface area contributed by atoms with Crippen molar-refractivity contribution in [2.24, 2.45) is 0 Å². The predicted molar refractivity (Wildman–Crippen MR) is 190 cm³/mol. The molecule has 220 valence electrons. The Morgan fingerprint density at radius 2 is 1.00 bits per heavy atom. The minimum Gasteiger partial charge on any atom is -0.208 e. The maximum absolute atomic E-state index is 5.10. The van der Waals surface area contributed by atoms with E-state index in [0.717, 1.165) is 16.7 Å². The Bertz CT molecular complexity index is 2230. The topological polar surface area (TPSA) is 38.7 Å². The predicted octanol–water partition coefficient (Wildman–Crippen LogP) is 11.3. The van der Waals surface area contributed by atoms with E-state index in [1.165, 1.54) is 55.3 Å². The highest BCUT2D eigenvalue weighted by atomic mass is 32.1. The molecule has 0 fully saturated rings. The van der Waals surface area contributed by atoms with Gasteiger partial charge in [0.05, 0.1) is 0 Å². The largest absolute Gasteiger partial charge is 0.208 e. The van der Waals surface area contributed by atoms with E-state index in [1.54, 1.807) is 0 Å². The Morgan fingerprint density at radius 3 is 1.78 bits per heavy atom. The van der Waals surface area contributed by atoms with E-state index in [9.17, 15) is 0 Å². The van der Waals surface area contributed by atoms with E-state index < -0.39 is 0 Å². The summed E-state index contributed by atoms with van der Waals surface area (Å²) in [4.78, 5) is 15.1. The summed E-state index contributed by atoms with van der Waals surface area (Å²) >= 11 is 1.82. The third-order valence-corrected chi connectivity index (χ3v) is 10.8. The fourth-order valence-electron chi connectivity index (χ4n) is 6.82. The number of aromatic nitrogens is 3. The van der Waals surface area contributed by atoms with E-state index in [4.69, 9.17) is 15.0 Å². The molecule has 0 saturated heterocycles. The molecule has 0 amide bonds. The lowest BCUT2D eigenvalue weighted by Gasteiger charge is -2.42. The van der Waals surface area contributed by atoms with E-state index in [2.05, 4.69) is 125 Å². The molecule has 2 heterocycles. The standard InChI is InChI=1S/C41H35N3S/c1-40(2)21-22-41(3,4)34-25-28(17-19-33(34)40)27-13-10-14-29(23-27)38-42-37(26-11-6-5-7-12-26)43-39(44-38)30-18-20-36-32(24-30)31-15-8-9-16-35(31)45-36/h5-20,23-25H,21-22H2,1-4H3. The van der Waals surface area contributed by atoms with Gasteiger partial charge < -0.3 is 0 Å². The molecule has 5 aromatic carbocycles. The average molecular weight is 602 g/mol. The smallest absolute Gasteiger partial charge is 0.164 e. The number of hydrogen-bond acceptors (Lipinski definition) is 4. The van der Waals surface area contributed by atoms with Gasteiger partial charge in [-0.15, -0.1) is 11.3 Å². The van der Waals surface area contributed by atoms with Crippen molar-refractivity contribution >= 4 is 31.5 Å². The van der Waals surface area contributed by atoms with Crippen molar-refractivity contribution in [1.82, 2.24) is 15.0 Å². The van der Waals surface area contributed by atoms with Gasteiger partial charge in [-0.3, -0.25) is 0 Å². The molecule has 4 heteroatoms. The first-order valence-electron chi connectivity index (χ1n) is 15.7. The van der Waals surface area contributed by atoms with Gasteiger partial charge in [-0.1, -0.05) is 113 Å². The Hall–Kier alpha value is -4.67. The molecule has 1 aliphatic rings. The molecule has 3 nitrogen and oxygen atoms in total. The molecular formula is C41H35N3S. The monoisotopic (exact) mass is 601 g/mol. The molecule has 0 spiro atoms. The molecule has 0 unspecified atom stereocenters. The highest BCUT2D eigenvalue weighted by Gasteiger charge is 2.37. The molecule has 1 aliphatic carbocycles. The molecular weight excluding hydrogens is 567 g/mol. The fourth-order valence-corrected chi connectivity index (χ4v) is 7.91. The fraction of sp³-hybridized carbons (Fsp3) is 0.195. The van der Waals surface area contributed by atoms with Crippen LogP contribution in [-0.4, -0.2) is 15.0 Å². The van der Waals surface area contributed by atoms with Gasteiger partial charge in [0.1, 0.15) is 0 Å². The Kier molecular flexibility index (Phi) is 6.47. The summed E-state index contributed by atoms with van der Waals surface area (Å²) < 4.78 is 2.55. The van der Waals surface area contributed by atoms with Crippen LogP contribution in [-0.2, 0) is 10.8 Å². The summed E-state index contributed by atoms with van der Waals surface area (Å²) in [5.41, 5.74) is 8.63. The van der Waals surface area contributed by atoms with Crippen LogP contribution in [0, 0.1) is 0 Å². The molecule has 8 rings (SSSR count). The SMILES string of the molecule is CC1(C)CCC(C)(C)c2cc(-c3cccc(-c4nc(-c5ccccc5)nc(-c5ccc6sc7ccccc7c6c5)n4)c3)ccc21. The number of hydrogen-bond donors (Lipinski definition) is 0. The number of thiophene rings is 1. The number of nitrogens with zero attached hydrogens (tertiary/aromatic N) is 3. The van der Waals surface area contributed by atoms with Crippen LogP contribution in [0.25, 0.3) is 65.5 Å². The highest BCUT2D eigenvalue weighted by Crippen LogP contribution is 2.47. The molecule has 0 bridgehead atoms. The average Bonchev–Trinajstić information content (AvgIpc) is 3.45. The van der Waals surface area contributed by atoms with Crippen LogP contribution in [0.1, 0.15) is 51.7 Å². The molecule has 2 aromatic heterocycles. The van der Waals surface area contributed by atoms with Crippen molar-refractivity contribution in [1.29, 1.82) is 0 Å². The zero-order valence-corrected chi connectivity index (χ0v) is 27.0. The second-order valence-corrected chi connectivity index (χ2v) is 14.7. The van der Waals surface area contributed by atoms with Crippen molar-refractivity contribution in [3.05, 3.63) is 126 Å². The summed E-state index contributed by atoms with van der Waals surface area (Å²) in [6, 6.07) is 41.1. The third kappa shape index (κ3) is 4.94. The third-order valence-electron chi connectivity index (χ3n) is 9.61. The second kappa shape index (κ2) is 10.5. The maximum atomic E-state index is 5.10. The van der Waals surface area contributed by atoms with Crippen molar-refractivity contribution in [2.45, 2.75) is 51.4 Å². The molecule has 0 radical (unpaired) electrons. The summed E-state index contributed by atoms with van der Waals surface area (Å²) in [5, 5.41) is 2.50. The van der Waals surface area contributed by atoms with Crippen LogP contribution >= 0.6 is 11.3 Å². The summed E-state index contributed by atoms with van der Waals surface area (Å²) in [6.07, 6.45) is 2.40. The van der Waals surface area contributed by atoms with Gasteiger partial charge in [-0.05, 0) is 76.3 Å². The van der Waals surface area contributed by atoms with E-state index >= 15 is 0 Å². The quantitative estimate of drug-likeness (QED) is 0.201. The Morgan fingerprint density at radius 1 is 0.444 bits per heavy atom. The van der Waals surface area contributed by atoms with Crippen molar-refractivity contribution < 1.29 is 0 Å². The molecule has 0 aliphatic heterocycles. The first-order chi connectivity index (χ1) is 21.7. The molecule has 45 heavy (non-hydrogen) atoms. The number of fused-ring (bicyclic) bond motifs is 4. The lowest BCUT2D eigenvalue weighted by Crippen LogP contribution is -2.33. The van der Waals surface area contributed by atoms with E-state index in [0.29, 0.717) is 17.5 Å². The van der Waals surface area contributed by atoms with Gasteiger partial charge in [0.15, 0.2) is 17.5 Å². The zero-order valence-electron chi connectivity index (χ0n) is 26.1. The zero-order chi connectivity index (χ0) is 30.8. The number of rotatable bonds is 4. The van der Waals surface area contributed by atoms with Crippen LogP contribution in [0.4, 0.5) is 0 Å². The van der Waals surface area contributed by atoms with Crippen LogP contribution in [0.5, 0.6) is 0 Å². The van der Waals surface area contributed by atoms with Gasteiger partial charge in [-0.2, -0.15) is 0 Å². The lowest BCUT2D eigenvalue weighted by molar-refractivity contribution is 0.332. The van der Waals surface area contributed by atoms with Gasteiger partial charge >= 0.3 is 0 Å². The summed E-state index contributed by atoms with van der Waals surface area (Å²) in [6.45, 7) is 9.52. The second-order valence-electron chi connectivity index (χ2n) is 13.6. The van der Waals surface area contributed by atoms with Crippen LogP contribution in [0.15, 0.2) is 115 Å². The minimum atomic E-state index is 0.154. The van der Waals surface area contributed by atoms with Crippen molar-refractivity contribution in [3.8, 4) is 45.3 Å². The van der Waals surface area contributed by atoms with Crippen LogP contribution in [0.3, 0.4) is 0 Å². The van der Waals surface area contributed by atoms with E-state index in [1.807, 2.05) is 29.5 Å². The van der Waals surface area contributed by atoms with Gasteiger partial charge in [0.25, 0.3) is 0 Å². The van der Waals surface area contributed by atoms with Gasteiger partial charge in [0, 0.05) is 36.9 Å². The number of benzene rings is 5. The molecule has 0 atom stereocenters. The normalized spacial score (nSPS) is 15.3.